The van der Waals surface area contributed by atoms with Gasteiger partial charge in [-0.3, -0.25) is 4.79 Å². The summed E-state index contributed by atoms with van der Waals surface area (Å²) in [6, 6.07) is 14.9. The van der Waals surface area contributed by atoms with Crippen LogP contribution in [0.15, 0.2) is 48.5 Å². The molecule has 2 fully saturated rings. The van der Waals surface area contributed by atoms with Crippen molar-refractivity contribution in [3.63, 3.8) is 0 Å². The fourth-order valence-corrected chi connectivity index (χ4v) is 4.96. The lowest BCUT2D eigenvalue weighted by atomic mass is 9.77. The van der Waals surface area contributed by atoms with Crippen LogP contribution in [0.4, 0.5) is 18.9 Å². The van der Waals surface area contributed by atoms with Gasteiger partial charge in [-0.05, 0) is 49.6 Å². The maximum absolute atomic E-state index is 12.9. The van der Waals surface area contributed by atoms with Gasteiger partial charge in [0.05, 0.1) is 25.4 Å². The molecule has 2 aliphatic rings. The summed E-state index contributed by atoms with van der Waals surface area (Å²) in [6.07, 6.45) is -2.36. The van der Waals surface area contributed by atoms with Crippen molar-refractivity contribution in [2.75, 3.05) is 32.2 Å². The van der Waals surface area contributed by atoms with Crippen molar-refractivity contribution in [3.05, 3.63) is 59.7 Å². The Morgan fingerprint density at radius 1 is 1.22 bits per heavy atom. The molecule has 0 aliphatic carbocycles. The Hall–Kier alpha value is -2.58. The highest BCUT2D eigenvalue weighted by Crippen LogP contribution is 2.50. The number of alkyl halides is 3. The molecule has 2 aromatic carbocycles. The lowest BCUT2D eigenvalue weighted by Gasteiger charge is -2.41. The van der Waals surface area contributed by atoms with Crippen LogP contribution in [0.3, 0.4) is 0 Å². The van der Waals surface area contributed by atoms with E-state index >= 15 is 0 Å². The van der Waals surface area contributed by atoms with E-state index in [1.54, 1.807) is 12.1 Å². The Morgan fingerprint density at radius 2 is 1.97 bits per heavy atom. The van der Waals surface area contributed by atoms with Gasteiger partial charge in [0.15, 0.2) is 0 Å². The van der Waals surface area contributed by atoms with Gasteiger partial charge in [0.1, 0.15) is 5.75 Å². The lowest BCUT2D eigenvalue weighted by Crippen LogP contribution is -2.48. The monoisotopic (exact) mass is 448 g/mol. The number of methoxy groups -OCH3 is 1. The average molecular weight is 448 g/mol. The molecule has 0 bridgehead atoms. The number of benzene rings is 2. The molecule has 1 amide bonds. The number of nitrogens with zero attached hydrogens (tertiary/aromatic N) is 1. The third kappa shape index (κ3) is 4.21. The maximum atomic E-state index is 12.9. The zero-order chi connectivity index (χ0) is 22.9. The standard InChI is InChI=1S/C24H27F3N2O3/c1-29(22(30)24(25,26)27)18-9-10-20(31-2)19(13-18)17-14-23(32-15-17)11-6-12-28-21(23)16-7-4-3-5-8-16/h3-5,7-10,13,17,21,28H,6,11-12,14-15H2,1-2H3. The van der Waals surface area contributed by atoms with Gasteiger partial charge in [0.2, 0.25) is 0 Å². The predicted octanol–water partition coefficient (Wildman–Crippen LogP) is 4.59. The molecule has 172 valence electrons. The van der Waals surface area contributed by atoms with E-state index in [9.17, 15) is 18.0 Å². The maximum Gasteiger partial charge on any atom is 0.471 e. The van der Waals surface area contributed by atoms with E-state index in [0.717, 1.165) is 37.6 Å². The van der Waals surface area contributed by atoms with Crippen LogP contribution in [-0.2, 0) is 9.53 Å². The number of carbonyl (C=O) groups excluding carboxylic acids is 1. The van der Waals surface area contributed by atoms with Crippen LogP contribution < -0.4 is 15.0 Å². The van der Waals surface area contributed by atoms with Crippen molar-refractivity contribution >= 4 is 11.6 Å². The van der Waals surface area contributed by atoms with E-state index in [-0.39, 0.29) is 17.6 Å². The van der Waals surface area contributed by atoms with Crippen LogP contribution in [0.2, 0.25) is 0 Å². The fraction of sp³-hybridized carbons (Fsp3) is 0.458. The quantitative estimate of drug-likeness (QED) is 0.744. The highest BCUT2D eigenvalue weighted by Gasteiger charge is 2.49. The first-order valence-corrected chi connectivity index (χ1v) is 10.7. The number of hydrogen-bond donors (Lipinski definition) is 1. The Balaban J connectivity index is 1.63. The lowest BCUT2D eigenvalue weighted by molar-refractivity contribution is -0.170. The fourth-order valence-electron chi connectivity index (χ4n) is 4.96. The summed E-state index contributed by atoms with van der Waals surface area (Å²) in [5.74, 6) is -1.40. The Bertz CT molecular complexity index is 967. The minimum Gasteiger partial charge on any atom is -0.496 e. The number of rotatable bonds is 4. The summed E-state index contributed by atoms with van der Waals surface area (Å²) in [4.78, 5) is 12.4. The highest BCUT2D eigenvalue weighted by atomic mass is 19.4. The van der Waals surface area contributed by atoms with E-state index in [1.807, 2.05) is 18.2 Å². The van der Waals surface area contributed by atoms with E-state index in [1.165, 1.54) is 13.2 Å². The molecule has 2 aromatic rings. The van der Waals surface area contributed by atoms with E-state index in [0.29, 0.717) is 23.7 Å². The minimum absolute atomic E-state index is 0.0334. The van der Waals surface area contributed by atoms with E-state index in [2.05, 4.69) is 17.4 Å². The van der Waals surface area contributed by atoms with Crippen LogP contribution >= 0.6 is 0 Å². The van der Waals surface area contributed by atoms with Gasteiger partial charge in [-0.2, -0.15) is 13.2 Å². The van der Waals surface area contributed by atoms with Gasteiger partial charge in [-0.25, -0.2) is 0 Å². The number of hydrogen-bond acceptors (Lipinski definition) is 4. The molecular weight excluding hydrogens is 421 g/mol. The number of ether oxygens (including phenoxy) is 2. The first-order valence-electron chi connectivity index (χ1n) is 10.7. The number of anilines is 1. The summed E-state index contributed by atoms with van der Waals surface area (Å²) in [7, 11) is 2.66. The smallest absolute Gasteiger partial charge is 0.471 e. The van der Waals surface area contributed by atoms with Crippen LogP contribution in [-0.4, -0.2) is 45.0 Å². The van der Waals surface area contributed by atoms with Gasteiger partial charge in [0, 0.05) is 24.2 Å². The summed E-state index contributed by atoms with van der Waals surface area (Å²) in [6.45, 7) is 1.33. The average Bonchev–Trinajstić information content (AvgIpc) is 3.21. The second-order valence-electron chi connectivity index (χ2n) is 8.47. The van der Waals surface area contributed by atoms with Gasteiger partial charge < -0.3 is 19.7 Å². The zero-order valence-corrected chi connectivity index (χ0v) is 18.1. The second kappa shape index (κ2) is 8.75. The number of carbonyl (C=O) groups is 1. The normalized spacial score (nSPS) is 25.7. The molecule has 8 heteroatoms. The van der Waals surface area contributed by atoms with Crippen molar-refractivity contribution in [2.45, 2.75) is 43.0 Å². The molecular formula is C24H27F3N2O3. The van der Waals surface area contributed by atoms with E-state index < -0.39 is 17.7 Å². The minimum atomic E-state index is -4.94. The summed E-state index contributed by atoms with van der Waals surface area (Å²) in [5.41, 5.74) is 1.68. The Morgan fingerprint density at radius 3 is 2.66 bits per heavy atom. The van der Waals surface area contributed by atoms with Crippen molar-refractivity contribution in [1.29, 1.82) is 0 Å². The number of nitrogens with one attached hydrogen (secondary N) is 1. The van der Waals surface area contributed by atoms with E-state index in [4.69, 9.17) is 9.47 Å². The van der Waals surface area contributed by atoms with Crippen LogP contribution in [0.25, 0.3) is 0 Å². The summed E-state index contributed by atoms with van der Waals surface area (Å²) < 4.78 is 50.7. The molecule has 5 nitrogen and oxygen atoms in total. The summed E-state index contributed by atoms with van der Waals surface area (Å²) in [5, 5.41) is 3.60. The number of amides is 1. The van der Waals surface area contributed by atoms with Gasteiger partial charge >= 0.3 is 12.1 Å². The molecule has 0 saturated carbocycles. The second-order valence-corrected chi connectivity index (χ2v) is 8.47. The van der Waals surface area contributed by atoms with Gasteiger partial charge in [-0.15, -0.1) is 0 Å². The van der Waals surface area contributed by atoms with Crippen molar-refractivity contribution in [1.82, 2.24) is 5.32 Å². The Kier molecular flexibility index (Phi) is 6.18. The largest absolute Gasteiger partial charge is 0.496 e. The molecule has 2 saturated heterocycles. The summed E-state index contributed by atoms with van der Waals surface area (Å²) >= 11 is 0. The molecule has 4 rings (SSSR count). The molecule has 3 atom stereocenters. The number of piperidine rings is 1. The van der Waals surface area contributed by atoms with Crippen molar-refractivity contribution in [3.8, 4) is 5.75 Å². The molecule has 32 heavy (non-hydrogen) atoms. The third-order valence-electron chi connectivity index (χ3n) is 6.54. The molecule has 1 spiro atoms. The van der Waals surface area contributed by atoms with Gasteiger partial charge in [0.25, 0.3) is 0 Å². The molecule has 2 aliphatic heterocycles. The highest BCUT2D eigenvalue weighted by molar-refractivity contribution is 5.97. The zero-order valence-electron chi connectivity index (χ0n) is 18.1. The first kappa shape index (κ1) is 22.6. The molecule has 1 N–H and O–H groups in total. The molecule has 0 radical (unpaired) electrons. The molecule has 3 unspecified atom stereocenters. The third-order valence-corrected chi connectivity index (χ3v) is 6.54. The van der Waals surface area contributed by atoms with Crippen LogP contribution in [0.1, 0.15) is 42.3 Å². The van der Waals surface area contributed by atoms with Crippen LogP contribution in [0.5, 0.6) is 5.75 Å². The van der Waals surface area contributed by atoms with Crippen molar-refractivity contribution < 1.29 is 27.4 Å². The van der Waals surface area contributed by atoms with Gasteiger partial charge in [-0.1, -0.05) is 30.3 Å². The number of halogens is 3. The SMILES string of the molecule is COc1ccc(N(C)C(=O)C(F)(F)F)cc1C1COC2(CCCNC2c2ccccc2)C1. The van der Waals surface area contributed by atoms with Crippen molar-refractivity contribution in [2.24, 2.45) is 0 Å². The van der Waals surface area contributed by atoms with Crippen LogP contribution in [0, 0.1) is 0 Å². The molecule has 2 heterocycles. The molecule has 0 aromatic heterocycles. The first-order chi connectivity index (χ1) is 15.2. The topological polar surface area (TPSA) is 50.8 Å². The Labute approximate surface area is 185 Å². The predicted molar refractivity (Wildman–Crippen MR) is 115 cm³/mol.